The Balaban J connectivity index is 1.14. The maximum absolute atomic E-state index is 13.8. The Morgan fingerprint density at radius 2 is 1.85 bits per heavy atom. The molecule has 1 atom stereocenters. The summed E-state index contributed by atoms with van der Waals surface area (Å²) in [5, 5.41) is 11.5. The number of nitrogens with zero attached hydrogens (tertiary/aromatic N) is 3. The van der Waals surface area contributed by atoms with Gasteiger partial charge in [0, 0.05) is 30.5 Å². The third-order valence-corrected chi connectivity index (χ3v) is 9.06. The largest absolute Gasteiger partial charge is 0.370 e. The molecule has 3 heterocycles. The lowest BCUT2D eigenvalue weighted by atomic mass is 9.85. The number of thiazole rings is 1. The Bertz CT molecular complexity index is 1570. The summed E-state index contributed by atoms with van der Waals surface area (Å²) in [7, 11) is 0. The highest BCUT2D eigenvalue weighted by Crippen LogP contribution is 2.47. The number of hydrogen-bond donors (Lipinski definition) is 2. The average Bonchev–Trinajstić information content (AvgIpc) is 3.48. The number of benzene rings is 2. The van der Waals surface area contributed by atoms with Gasteiger partial charge >= 0.3 is 5.38 Å². The molecule has 11 heteroatoms. The second-order valence-corrected chi connectivity index (χ2v) is 11.8. The first-order valence-electron chi connectivity index (χ1n) is 13.0. The van der Waals surface area contributed by atoms with Gasteiger partial charge in [-0.15, -0.1) is 11.3 Å². The van der Waals surface area contributed by atoms with Crippen molar-refractivity contribution in [1.29, 1.82) is 0 Å². The molecule has 0 radical (unpaired) electrons. The van der Waals surface area contributed by atoms with Gasteiger partial charge in [0.1, 0.15) is 5.01 Å². The molecule has 40 heavy (non-hydrogen) atoms. The van der Waals surface area contributed by atoms with Crippen LogP contribution in [0.25, 0.3) is 10.2 Å². The highest BCUT2D eigenvalue weighted by atomic mass is 35.5. The van der Waals surface area contributed by atoms with E-state index in [1.807, 2.05) is 36.4 Å². The Morgan fingerprint density at radius 1 is 1.12 bits per heavy atom. The molecule has 2 N–H and O–H groups in total. The first kappa shape index (κ1) is 26.7. The lowest BCUT2D eigenvalue weighted by Crippen LogP contribution is -2.44. The molecule has 0 bridgehead atoms. The number of pyridine rings is 1. The lowest BCUT2D eigenvalue weighted by molar-refractivity contribution is -0.132. The van der Waals surface area contributed by atoms with E-state index in [4.69, 9.17) is 11.6 Å². The van der Waals surface area contributed by atoms with Gasteiger partial charge in [-0.1, -0.05) is 30.3 Å². The van der Waals surface area contributed by atoms with Gasteiger partial charge in [-0.05, 0) is 67.5 Å². The number of hydrogen-bond acceptors (Lipinski definition) is 6. The van der Waals surface area contributed by atoms with Crippen LogP contribution in [0.2, 0.25) is 0 Å². The summed E-state index contributed by atoms with van der Waals surface area (Å²) in [5.41, 5.74) is -0.431. The van der Waals surface area contributed by atoms with Crippen LogP contribution in [0.15, 0.2) is 67.0 Å². The summed E-state index contributed by atoms with van der Waals surface area (Å²) >= 11 is 6.39. The van der Waals surface area contributed by atoms with Crippen LogP contribution in [0.5, 0.6) is 0 Å². The Morgan fingerprint density at radius 3 is 2.60 bits per heavy atom. The summed E-state index contributed by atoms with van der Waals surface area (Å²) in [6.45, 7) is 0.431. The number of nitrogens with one attached hydrogen (secondary N) is 1. The van der Waals surface area contributed by atoms with Crippen molar-refractivity contribution in [3.05, 3.63) is 88.7 Å². The van der Waals surface area contributed by atoms with Gasteiger partial charge in [0.15, 0.2) is 0 Å². The number of amides is 2. The van der Waals surface area contributed by atoms with Crippen molar-refractivity contribution >= 4 is 50.7 Å². The molecule has 4 aromatic rings. The van der Waals surface area contributed by atoms with Gasteiger partial charge < -0.3 is 15.3 Å². The van der Waals surface area contributed by atoms with Crippen LogP contribution < -0.4 is 10.2 Å². The molecular weight excluding hydrogens is 558 g/mol. The molecule has 1 aliphatic heterocycles. The van der Waals surface area contributed by atoms with E-state index >= 15 is 0 Å². The Labute approximate surface area is 237 Å². The van der Waals surface area contributed by atoms with E-state index < -0.39 is 28.4 Å². The molecule has 2 amide bonds. The zero-order valence-electron chi connectivity index (χ0n) is 21.2. The number of carbonyl (C=O) groups excluding carboxylic acids is 2. The van der Waals surface area contributed by atoms with Crippen LogP contribution in [0.1, 0.15) is 52.2 Å². The smallest absolute Gasteiger partial charge is 0.349 e. The third-order valence-electron chi connectivity index (χ3n) is 7.69. The standard InChI is InChI=1S/C29H25ClF2N4O3S/c30-29(31,32)19-13-18(14-33-15-19)25(37)34-20-11-9-17(10-12-20)16-36-23-7-3-1-5-21(23)28(39,27(36)38)26-35-22-6-2-4-8-24(22)40-26/h1-8,13-15,17,20,39H,9-12,16H2,(H,34,37). The van der Waals surface area contributed by atoms with E-state index in [1.165, 1.54) is 17.5 Å². The Kier molecular flexibility index (Phi) is 6.80. The molecule has 2 aromatic heterocycles. The topological polar surface area (TPSA) is 95.4 Å². The van der Waals surface area contributed by atoms with Crippen molar-refractivity contribution < 1.29 is 23.5 Å². The van der Waals surface area contributed by atoms with Gasteiger partial charge in [-0.3, -0.25) is 14.6 Å². The normalized spacial score (nSPS) is 22.9. The van der Waals surface area contributed by atoms with E-state index in [-0.39, 0.29) is 17.5 Å². The third kappa shape index (κ3) is 4.74. The summed E-state index contributed by atoms with van der Waals surface area (Å²) in [6, 6.07) is 15.7. The molecule has 206 valence electrons. The fourth-order valence-electron chi connectivity index (χ4n) is 5.59. The molecule has 1 saturated carbocycles. The molecule has 1 fully saturated rings. The molecule has 2 aromatic carbocycles. The number of aliphatic hydroxyl groups is 1. The molecule has 7 nitrogen and oxygen atoms in total. The number of anilines is 1. The number of aromatic nitrogens is 2. The van der Waals surface area contributed by atoms with E-state index in [0.717, 1.165) is 35.3 Å². The highest BCUT2D eigenvalue weighted by Gasteiger charge is 2.53. The van der Waals surface area contributed by atoms with Crippen molar-refractivity contribution in [2.75, 3.05) is 11.4 Å². The summed E-state index contributed by atoms with van der Waals surface area (Å²) in [5.74, 6) is -0.738. The van der Waals surface area contributed by atoms with E-state index in [1.54, 1.807) is 17.0 Å². The number of carbonyl (C=O) groups is 2. The van der Waals surface area contributed by atoms with Crippen molar-refractivity contribution in [3.63, 3.8) is 0 Å². The maximum Gasteiger partial charge on any atom is 0.349 e. The zero-order chi connectivity index (χ0) is 28.1. The predicted octanol–water partition coefficient (Wildman–Crippen LogP) is 5.55. The molecule has 1 unspecified atom stereocenters. The van der Waals surface area contributed by atoms with Crippen LogP contribution in [0.4, 0.5) is 14.5 Å². The van der Waals surface area contributed by atoms with Crippen LogP contribution >= 0.6 is 22.9 Å². The van der Waals surface area contributed by atoms with Gasteiger partial charge in [-0.25, -0.2) is 4.98 Å². The first-order chi connectivity index (χ1) is 19.1. The highest BCUT2D eigenvalue weighted by molar-refractivity contribution is 7.18. The van der Waals surface area contributed by atoms with Crippen molar-refractivity contribution in [3.8, 4) is 0 Å². The number of alkyl halides is 3. The van der Waals surface area contributed by atoms with Crippen molar-refractivity contribution in [2.24, 2.45) is 5.92 Å². The van der Waals surface area contributed by atoms with Gasteiger partial charge in [0.05, 0.1) is 27.0 Å². The number of rotatable bonds is 6. The fourth-order valence-corrected chi connectivity index (χ4v) is 6.75. The summed E-state index contributed by atoms with van der Waals surface area (Å²) in [4.78, 5) is 36.5. The van der Waals surface area contributed by atoms with E-state index in [2.05, 4.69) is 15.3 Å². The minimum atomic E-state index is -3.60. The van der Waals surface area contributed by atoms with E-state index in [9.17, 15) is 23.5 Å². The van der Waals surface area contributed by atoms with Crippen LogP contribution in [0.3, 0.4) is 0 Å². The minimum Gasteiger partial charge on any atom is -0.370 e. The van der Waals surface area contributed by atoms with Crippen molar-refractivity contribution in [1.82, 2.24) is 15.3 Å². The molecule has 2 aliphatic rings. The number of halogens is 3. The second kappa shape index (κ2) is 10.2. The van der Waals surface area contributed by atoms with Gasteiger partial charge in [-0.2, -0.15) is 8.78 Å². The SMILES string of the molecule is O=C(NC1CCC(CN2C(=O)C(O)(c3nc4ccccc4s3)c3ccccc32)CC1)c1cncc(C(F)(F)Cl)c1. The average molecular weight is 583 g/mol. The van der Waals surface area contributed by atoms with Crippen LogP contribution in [-0.4, -0.2) is 39.5 Å². The van der Waals surface area contributed by atoms with Crippen molar-refractivity contribution in [2.45, 2.75) is 42.7 Å². The number of fused-ring (bicyclic) bond motifs is 2. The first-order valence-corrected chi connectivity index (χ1v) is 14.2. The molecular formula is C29H25ClF2N4O3S. The second-order valence-electron chi connectivity index (χ2n) is 10.3. The molecule has 6 rings (SSSR count). The maximum atomic E-state index is 13.8. The van der Waals surface area contributed by atoms with Crippen LogP contribution in [0, 0.1) is 5.92 Å². The summed E-state index contributed by atoms with van der Waals surface area (Å²) < 4.78 is 27.8. The quantitative estimate of drug-likeness (QED) is 0.291. The van der Waals surface area contributed by atoms with E-state index in [0.29, 0.717) is 35.6 Å². The monoisotopic (exact) mass is 582 g/mol. The van der Waals surface area contributed by atoms with Crippen LogP contribution in [-0.2, 0) is 15.8 Å². The summed E-state index contributed by atoms with van der Waals surface area (Å²) in [6.07, 6.45) is 4.99. The number of para-hydroxylation sites is 2. The predicted molar refractivity (Wildman–Crippen MR) is 149 cm³/mol. The lowest BCUT2D eigenvalue weighted by Gasteiger charge is -2.32. The molecule has 1 aliphatic carbocycles. The minimum absolute atomic E-state index is 0.0216. The fraction of sp³-hybridized carbons (Fsp3) is 0.310. The van der Waals surface area contributed by atoms with Gasteiger partial charge in [0.2, 0.25) is 5.60 Å². The molecule has 0 saturated heterocycles. The zero-order valence-corrected chi connectivity index (χ0v) is 22.8. The Hall–Kier alpha value is -3.47. The molecule has 0 spiro atoms. The van der Waals surface area contributed by atoms with Gasteiger partial charge in [0.25, 0.3) is 11.8 Å².